The summed E-state index contributed by atoms with van der Waals surface area (Å²) in [6.45, 7) is 3.22. The lowest BCUT2D eigenvalue weighted by Gasteiger charge is -2.06. The summed E-state index contributed by atoms with van der Waals surface area (Å²) < 4.78 is 4.57. The van der Waals surface area contributed by atoms with Crippen LogP contribution < -0.4 is 0 Å². The first-order valence-corrected chi connectivity index (χ1v) is 4.78. The molecule has 2 N–H and O–H groups in total. The van der Waals surface area contributed by atoms with Gasteiger partial charge in [0, 0.05) is 5.57 Å². The van der Waals surface area contributed by atoms with Gasteiger partial charge in [0.05, 0.1) is 18.6 Å². The Hall–Kier alpha value is -1.85. The van der Waals surface area contributed by atoms with Crippen LogP contribution >= 0.6 is 0 Å². The second-order valence-electron chi connectivity index (χ2n) is 2.90. The van der Waals surface area contributed by atoms with Crippen molar-refractivity contribution in [2.45, 2.75) is 26.7 Å². The van der Waals surface area contributed by atoms with Crippen LogP contribution in [0.1, 0.15) is 26.7 Å². The van der Waals surface area contributed by atoms with E-state index in [4.69, 9.17) is 10.2 Å². The first-order valence-electron chi connectivity index (χ1n) is 4.78. The Kier molecular flexibility index (Phi) is 5.84. The Bertz CT molecular complexity index is 328. The minimum atomic E-state index is -1.41. The summed E-state index contributed by atoms with van der Waals surface area (Å²) in [5, 5.41) is 17.6. The SMILES string of the molecule is CCOC(=O)CC(C(=O)O)=C(CC)C(=O)O. The Balaban J connectivity index is 5.06. The second-order valence-corrected chi connectivity index (χ2v) is 2.90. The number of carboxylic acid groups (broad SMARTS) is 2. The molecular weight excluding hydrogens is 216 g/mol. The molecule has 0 aromatic rings. The van der Waals surface area contributed by atoms with Crippen molar-refractivity contribution in [3.63, 3.8) is 0 Å². The molecule has 0 amide bonds. The molecule has 0 saturated carbocycles. The van der Waals surface area contributed by atoms with Gasteiger partial charge in [-0.15, -0.1) is 0 Å². The van der Waals surface area contributed by atoms with Gasteiger partial charge in [-0.25, -0.2) is 9.59 Å². The molecule has 0 saturated heterocycles. The van der Waals surface area contributed by atoms with Gasteiger partial charge in [0.25, 0.3) is 0 Å². The normalized spacial score (nSPS) is 11.6. The van der Waals surface area contributed by atoms with Gasteiger partial charge in [0.15, 0.2) is 0 Å². The van der Waals surface area contributed by atoms with Gasteiger partial charge < -0.3 is 14.9 Å². The smallest absolute Gasteiger partial charge is 0.332 e. The summed E-state index contributed by atoms with van der Waals surface area (Å²) in [6, 6.07) is 0. The van der Waals surface area contributed by atoms with Crippen molar-refractivity contribution in [3.8, 4) is 0 Å². The monoisotopic (exact) mass is 230 g/mol. The lowest BCUT2D eigenvalue weighted by Crippen LogP contribution is -2.16. The molecule has 0 aliphatic carbocycles. The van der Waals surface area contributed by atoms with Crippen LogP contribution in [0.3, 0.4) is 0 Å². The van der Waals surface area contributed by atoms with E-state index in [2.05, 4.69) is 4.74 Å². The van der Waals surface area contributed by atoms with Gasteiger partial charge >= 0.3 is 17.9 Å². The molecule has 0 atom stereocenters. The van der Waals surface area contributed by atoms with Gasteiger partial charge in [-0.3, -0.25) is 4.79 Å². The van der Waals surface area contributed by atoms with Gasteiger partial charge in [-0.1, -0.05) is 6.92 Å². The zero-order valence-corrected chi connectivity index (χ0v) is 9.15. The summed E-state index contributed by atoms with van der Waals surface area (Å²) in [6.07, 6.45) is -0.491. The van der Waals surface area contributed by atoms with E-state index in [1.807, 2.05) is 0 Å². The number of carbonyl (C=O) groups is 3. The van der Waals surface area contributed by atoms with Crippen molar-refractivity contribution in [2.24, 2.45) is 0 Å². The minimum absolute atomic E-state index is 0.0381. The minimum Gasteiger partial charge on any atom is -0.478 e. The fourth-order valence-electron chi connectivity index (χ4n) is 1.16. The molecule has 0 aliphatic rings. The van der Waals surface area contributed by atoms with Crippen LogP contribution in [0.15, 0.2) is 11.1 Å². The quantitative estimate of drug-likeness (QED) is 0.517. The lowest BCUT2D eigenvalue weighted by atomic mass is 10.0. The summed E-state index contributed by atoms with van der Waals surface area (Å²) in [5.74, 6) is -3.48. The molecule has 0 fully saturated rings. The number of rotatable bonds is 6. The molecule has 90 valence electrons. The van der Waals surface area contributed by atoms with Crippen molar-refractivity contribution in [3.05, 3.63) is 11.1 Å². The highest BCUT2D eigenvalue weighted by Crippen LogP contribution is 2.14. The van der Waals surface area contributed by atoms with E-state index in [9.17, 15) is 14.4 Å². The van der Waals surface area contributed by atoms with E-state index < -0.39 is 29.9 Å². The molecule has 0 bridgehead atoms. The molecule has 0 unspecified atom stereocenters. The molecular formula is C10H14O6. The number of hydrogen-bond acceptors (Lipinski definition) is 4. The highest BCUT2D eigenvalue weighted by molar-refractivity contribution is 6.01. The summed E-state index contributed by atoms with van der Waals surface area (Å²) in [5.41, 5.74) is -0.700. The maximum absolute atomic E-state index is 11.1. The Labute approximate surface area is 92.5 Å². The van der Waals surface area contributed by atoms with E-state index in [1.54, 1.807) is 6.92 Å². The third-order valence-electron chi connectivity index (χ3n) is 1.86. The third kappa shape index (κ3) is 4.12. The van der Waals surface area contributed by atoms with Crippen LogP contribution in [-0.2, 0) is 19.1 Å². The first-order chi connectivity index (χ1) is 7.43. The fraction of sp³-hybridized carbons (Fsp3) is 0.500. The van der Waals surface area contributed by atoms with Crippen LogP contribution in [-0.4, -0.2) is 34.7 Å². The number of ether oxygens (including phenoxy) is 1. The molecule has 0 spiro atoms. The fourth-order valence-corrected chi connectivity index (χ4v) is 1.16. The third-order valence-corrected chi connectivity index (χ3v) is 1.86. The second kappa shape index (κ2) is 6.60. The predicted molar refractivity (Wildman–Crippen MR) is 53.8 cm³/mol. The van der Waals surface area contributed by atoms with E-state index >= 15 is 0 Å². The van der Waals surface area contributed by atoms with Crippen LogP contribution in [0.4, 0.5) is 0 Å². The van der Waals surface area contributed by atoms with Crippen LogP contribution in [0.25, 0.3) is 0 Å². The number of carboxylic acids is 2. The first kappa shape index (κ1) is 14.2. The van der Waals surface area contributed by atoms with Crippen molar-refractivity contribution < 1.29 is 29.3 Å². The highest BCUT2D eigenvalue weighted by Gasteiger charge is 2.21. The largest absolute Gasteiger partial charge is 0.478 e. The number of esters is 1. The zero-order valence-electron chi connectivity index (χ0n) is 9.15. The van der Waals surface area contributed by atoms with Gasteiger partial charge in [-0.05, 0) is 13.3 Å². The summed E-state index contributed by atoms with van der Waals surface area (Å²) in [7, 11) is 0. The van der Waals surface area contributed by atoms with E-state index in [0.717, 1.165) is 0 Å². The average Bonchev–Trinajstić information content (AvgIpc) is 2.17. The molecule has 0 rings (SSSR count). The van der Waals surface area contributed by atoms with Gasteiger partial charge in [-0.2, -0.15) is 0 Å². The van der Waals surface area contributed by atoms with Gasteiger partial charge in [0.1, 0.15) is 0 Å². The predicted octanol–water partition coefficient (Wildman–Crippen LogP) is 0.815. The average molecular weight is 230 g/mol. The molecule has 6 nitrogen and oxygen atoms in total. The molecule has 6 heteroatoms. The van der Waals surface area contributed by atoms with Crippen LogP contribution in [0, 0.1) is 0 Å². The van der Waals surface area contributed by atoms with Crippen molar-refractivity contribution in [1.82, 2.24) is 0 Å². The van der Waals surface area contributed by atoms with Gasteiger partial charge in [0.2, 0.25) is 0 Å². The Morgan fingerprint density at radius 1 is 1.00 bits per heavy atom. The van der Waals surface area contributed by atoms with E-state index in [0.29, 0.717) is 0 Å². The number of aliphatic carboxylic acids is 2. The number of hydrogen-bond donors (Lipinski definition) is 2. The lowest BCUT2D eigenvalue weighted by molar-refractivity contribution is -0.144. The van der Waals surface area contributed by atoms with Crippen molar-refractivity contribution in [1.29, 1.82) is 0 Å². The van der Waals surface area contributed by atoms with E-state index in [1.165, 1.54) is 6.92 Å². The Morgan fingerprint density at radius 2 is 1.50 bits per heavy atom. The molecule has 0 aliphatic heterocycles. The Morgan fingerprint density at radius 3 is 1.81 bits per heavy atom. The molecule has 0 heterocycles. The maximum Gasteiger partial charge on any atom is 0.332 e. The van der Waals surface area contributed by atoms with Crippen LogP contribution in [0.5, 0.6) is 0 Å². The molecule has 0 aromatic heterocycles. The topological polar surface area (TPSA) is 101 Å². The summed E-state index contributed by atoms with van der Waals surface area (Å²) in [4.78, 5) is 32.6. The molecule has 0 radical (unpaired) electrons. The van der Waals surface area contributed by atoms with E-state index in [-0.39, 0.29) is 18.6 Å². The zero-order chi connectivity index (χ0) is 12.7. The molecule has 16 heavy (non-hydrogen) atoms. The van der Waals surface area contributed by atoms with Crippen molar-refractivity contribution in [2.75, 3.05) is 6.61 Å². The standard InChI is InChI=1S/C10H14O6/c1-3-6(9(12)13)7(10(14)15)5-8(11)16-4-2/h3-5H2,1-2H3,(H,12,13)(H,14,15). The maximum atomic E-state index is 11.1. The summed E-state index contributed by atoms with van der Waals surface area (Å²) >= 11 is 0. The van der Waals surface area contributed by atoms with Crippen LogP contribution in [0.2, 0.25) is 0 Å². The van der Waals surface area contributed by atoms with Crippen molar-refractivity contribution >= 4 is 17.9 Å². The molecule has 0 aromatic carbocycles. The number of carbonyl (C=O) groups excluding carboxylic acids is 1. The highest BCUT2D eigenvalue weighted by atomic mass is 16.5.